The number of nitrogens with one attached hydrogen (secondary N) is 1. The van der Waals surface area contributed by atoms with Crippen molar-refractivity contribution in [2.45, 2.75) is 56.2 Å². The van der Waals surface area contributed by atoms with Crippen LogP contribution in [0.15, 0.2) is 34.9 Å². The fraction of sp³-hybridized carbons (Fsp3) is 0.550. The first-order valence-electron chi connectivity index (χ1n) is 9.77. The highest BCUT2D eigenvalue weighted by atomic mass is 32.2. The van der Waals surface area contributed by atoms with E-state index in [1.54, 1.807) is 12.1 Å². The minimum Gasteiger partial charge on any atom is -0.493 e. The highest BCUT2D eigenvalue weighted by Gasteiger charge is 2.45. The lowest BCUT2D eigenvalue weighted by Crippen LogP contribution is -2.49. The van der Waals surface area contributed by atoms with Gasteiger partial charge >= 0.3 is 0 Å². The van der Waals surface area contributed by atoms with Crippen molar-refractivity contribution in [1.29, 1.82) is 0 Å². The van der Waals surface area contributed by atoms with Gasteiger partial charge < -0.3 is 9.26 Å². The second kappa shape index (κ2) is 7.68. The zero-order chi connectivity index (χ0) is 20.6. The van der Waals surface area contributed by atoms with Gasteiger partial charge in [-0.3, -0.25) is 0 Å². The number of benzene rings is 1. The van der Waals surface area contributed by atoms with Crippen molar-refractivity contribution in [1.82, 2.24) is 9.88 Å². The van der Waals surface area contributed by atoms with Gasteiger partial charge in [0.25, 0.3) is 0 Å². The van der Waals surface area contributed by atoms with Gasteiger partial charge in [0.15, 0.2) is 0 Å². The molecule has 2 aromatic rings. The maximum atomic E-state index is 14.0. The van der Waals surface area contributed by atoms with Gasteiger partial charge in [-0.25, -0.2) is 21.9 Å². The van der Waals surface area contributed by atoms with Crippen molar-refractivity contribution in [2.75, 3.05) is 6.61 Å². The van der Waals surface area contributed by atoms with Crippen LogP contribution in [0.25, 0.3) is 11.3 Å². The Balaban J connectivity index is 1.41. The molecule has 2 saturated carbocycles. The Morgan fingerprint density at radius 1 is 1.24 bits per heavy atom. The average Bonchev–Trinajstić information content (AvgIpc) is 3.45. The molecule has 29 heavy (non-hydrogen) atoms. The molecule has 2 fully saturated rings. The van der Waals surface area contributed by atoms with Gasteiger partial charge in [0.1, 0.15) is 17.2 Å². The molecule has 158 valence electrons. The van der Waals surface area contributed by atoms with Gasteiger partial charge in [-0.15, -0.1) is 0 Å². The van der Waals surface area contributed by atoms with E-state index >= 15 is 0 Å². The number of rotatable bonds is 7. The van der Waals surface area contributed by atoms with Gasteiger partial charge in [-0.2, -0.15) is 0 Å². The molecule has 0 spiro atoms. The number of nitrogens with zero attached hydrogens (tertiary/aromatic N) is 1. The van der Waals surface area contributed by atoms with Crippen LogP contribution in [-0.2, 0) is 10.0 Å². The Morgan fingerprint density at radius 2 is 1.97 bits per heavy atom. The van der Waals surface area contributed by atoms with E-state index in [4.69, 9.17) is 9.26 Å². The molecule has 0 aliphatic heterocycles. The Bertz CT molecular complexity index is 955. The minimum atomic E-state index is -3.44. The lowest BCUT2D eigenvalue weighted by Gasteiger charge is -2.36. The summed E-state index contributed by atoms with van der Waals surface area (Å²) in [6.07, 6.45) is 0.680. The molecule has 6 nitrogen and oxygen atoms in total. The average molecular weight is 426 g/mol. The summed E-state index contributed by atoms with van der Waals surface area (Å²) in [5, 5.41) is 3.57. The molecule has 9 heteroatoms. The highest BCUT2D eigenvalue weighted by molar-refractivity contribution is 7.90. The third-order valence-electron chi connectivity index (χ3n) is 5.47. The molecule has 1 aromatic heterocycles. The van der Waals surface area contributed by atoms with Crippen LogP contribution in [0, 0.1) is 12.8 Å². The van der Waals surface area contributed by atoms with Crippen LogP contribution < -0.4 is 9.46 Å². The molecule has 0 bridgehead atoms. The molecule has 1 aromatic carbocycles. The van der Waals surface area contributed by atoms with E-state index in [0.29, 0.717) is 30.0 Å². The maximum Gasteiger partial charge on any atom is 0.248 e. The highest BCUT2D eigenvalue weighted by Crippen LogP contribution is 2.38. The molecule has 0 unspecified atom stereocenters. The Labute approximate surface area is 168 Å². The number of alkyl halides is 2. The topological polar surface area (TPSA) is 81.4 Å². The monoisotopic (exact) mass is 426 g/mol. The standard InChI is InChI=1S/C20H24F2N2O4S/c1-13-10-19(23-28-13)14-2-4-16(5-3-14)27-12-15-11-20(21,22)9-8-18(15)24-29(25,26)17-6-7-17/h2-5,10,15,17-18,24H,6-9,11-12H2,1H3/t15-,18+/m1/s1. The molecule has 2 aliphatic rings. The van der Waals surface area contributed by atoms with E-state index in [0.717, 1.165) is 5.56 Å². The van der Waals surface area contributed by atoms with Crippen LogP contribution in [0.5, 0.6) is 5.75 Å². The smallest absolute Gasteiger partial charge is 0.248 e. The van der Waals surface area contributed by atoms with E-state index in [-0.39, 0.29) is 31.1 Å². The summed E-state index contributed by atoms with van der Waals surface area (Å²) in [7, 11) is -3.44. The molecule has 1 heterocycles. The van der Waals surface area contributed by atoms with E-state index < -0.39 is 27.9 Å². The largest absolute Gasteiger partial charge is 0.493 e. The molecule has 2 atom stereocenters. The second-order valence-electron chi connectivity index (χ2n) is 7.99. The molecular formula is C20H24F2N2O4S. The number of aromatic nitrogens is 1. The van der Waals surface area contributed by atoms with Crippen molar-refractivity contribution in [3.05, 3.63) is 36.1 Å². The predicted molar refractivity (Wildman–Crippen MR) is 103 cm³/mol. The number of aryl methyl sites for hydroxylation is 1. The van der Waals surface area contributed by atoms with Gasteiger partial charge in [-0.05, 0) is 50.5 Å². The molecule has 2 aliphatic carbocycles. The van der Waals surface area contributed by atoms with Crippen LogP contribution in [-0.4, -0.2) is 37.4 Å². The SMILES string of the molecule is Cc1cc(-c2ccc(OC[C@H]3CC(F)(F)CC[C@@H]3NS(=O)(=O)C3CC3)cc2)no1. The number of hydrogen-bond donors (Lipinski definition) is 1. The molecule has 0 amide bonds. The molecule has 0 saturated heterocycles. The first kappa shape index (κ1) is 20.3. The number of ether oxygens (including phenoxy) is 1. The van der Waals surface area contributed by atoms with Crippen LogP contribution in [0.4, 0.5) is 8.78 Å². The first-order valence-corrected chi connectivity index (χ1v) is 11.3. The molecular weight excluding hydrogens is 402 g/mol. The van der Waals surface area contributed by atoms with Crippen molar-refractivity contribution in [2.24, 2.45) is 5.92 Å². The van der Waals surface area contributed by atoms with Crippen molar-refractivity contribution in [3.8, 4) is 17.0 Å². The number of sulfonamides is 1. The summed E-state index contributed by atoms with van der Waals surface area (Å²) in [4.78, 5) is 0. The Morgan fingerprint density at radius 3 is 2.59 bits per heavy atom. The Kier molecular flexibility index (Phi) is 5.37. The molecule has 1 N–H and O–H groups in total. The van der Waals surface area contributed by atoms with Crippen LogP contribution >= 0.6 is 0 Å². The van der Waals surface area contributed by atoms with E-state index in [1.807, 2.05) is 25.1 Å². The number of halogens is 2. The molecule has 4 rings (SSSR count). The normalized spacial score (nSPS) is 24.4. The summed E-state index contributed by atoms with van der Waals surface area (Å²) in [5.74, 6) is -2.15. The van der Waals surface area contributed by atoms with Crippen molar-refractivity contribution < 1.29 is 26.5 Å². The number of hydrogen-bond acceptors (Lipinski definition) is 5. The van der Waals surface area contributed by atoms with Gasteiger partial charge in [0, 0.05) is 36.4 Å². The van der Waals surface area contributed by atoms with Crippen molar-refractivity contribution >= 4 is 10.0 Å². The Hall–Kier alpha value is -2.00. The fourth-order valence-corrected chi connectivity index (χ4v) is 5.36. The van der Waals surface area contributed by atoms with Gasteiger partial charge in [-0.1, -0.05) is 5.16 Å². The van der Waals surface area contributed by atoms with Crippen LogP contribution in [0.2, 0.25) is 0 Å². The minimum absolute atomic E-state index is 0.0237. The second-order valence-corrected chi connectivity index (χ2v) is 9.98. The van der Waals surface area contributed by atoms with Gasteiger partial charge in [0.05, 0.1) is 11.9 Å². The summed E-state index contributed by atoms with van der Waals surface area (Å²) < 4.78 is 65.9. The van der Waals surface area contributed by atoms with E-state index in [1.165, 1.54) is 0 Å². The predicted octanol–water partition coefficient (Wildman–Crippen LogP) is 3.91. The van der Waals surface area contributed by atoms with Crippen LogP contribution in [0.1, 0.15) is 37.9 Å². The van der Waals surface area contributed by atoms with E-state index in [2.05, 4.69) is 9.88 Å². The fourth-order valence-electron chi connectivity index (χ4n) is 3.67. The summed E-state index contributed by atoms with van der Waals surface area (Å²) >= 11 is 0. The molecule has 0 radical (unpaired) electrons. The zero-order valence-electron chi connectivity index (χ0n) is 16.1. The zero-order valence-corrected chi connectivity index (χ0v) is 16.9. The van der Waals surface area contributed by atoms with E-state index in [9.17, 15) is 17.2 Å². The summed E-state index contributed by atoms with van der Waals surface area (Å²) in [5.41, 5.74) is 1.56. The lowest BCUT2D eigenvalue weighted by atomic mass is 9.83. The van der Waals surface area contributed by atoms with Crippen LogP contribution in [0.3, 0.4) is 0 Å². The summed E-state index contributed by atoms with van der Waals surface area (Å²) in [6.45, 7) is 1.83. The van der Waals surface area contributed by atoms with Crippen molar-refractivity contribution in [3.63, 3.8) is 0 Å². The lowest BCUT2D eigenvalue weighted by molar-refractivity contribution is -0.0661. The third kappa shape index (κ3) is 4.95. The first-order chi connectivity index (χ1) is 13.7. The van der Waals surface area contributed by atoms with Gasteiger partial charge in [0.2, 0.25) is 15.9 Å². The summed E-state index contributed by atoms with van der Waals surface area (Å²) in [6, 6.07) is 8.40. The third-order valence-corrected chi connectivity index (χ3v) is 7.45. The maximum absolute atomic E-state index is 14.0. The quantitative estimate of drug-likeness (QED) is 0.726.